The second-order valence-corrected chi connectivity index (χ2v) is 4.37. The number of anilines is 2. The van der Waals surface area contributed by atoms with Crippen LogP contribution in [0.15, 0.2) is 30.6 Å². The summed E-state index contributed by atoms with van der Waals surface area (Å²) in [7, 11) is 0. The molecule has 100 valence electrons. The van der Waals surface area contributed by atoms with Crippen molar-refractivity contribution in [2.45, 2.75) is 19.7 Å². The van der Waals surface area contributed by atoms with Crippen molar-refractivity contribution in [2.75, 3.05) is 11.9 Å². The summed E-state index contributed by atoms with van der Waals surface area (Å²) in [5.74, 6) is 1.78. The highest BCUT2D eigenvalue weighted by Crippen LogP contribution is 2.25. The molecule has 4 nitrogen and oxygen atoms in total. The van der Waals surface area contributed by atoms with Gasteiger partial charge in [-0.25, -0.2) is 9.97 Å². The van der Waals surface area contributed by atoms with Crippen LogP contribution in [0.4, 0.5) is 11.6 Å². The van der Waals surface area contributed by atoms with Gasteiger partial charge in [0.1, 0.15) is 5.75 Å². The van der Waals surface area contributed by atoms with Crippen molar-refractivity contribution in [3.05, 3.63) is 41.7 Å². The van der Waals surface area contributed by atoms with E-state index in [-0.39, 0.29) is 0 Å². The van der Waals surface area contributed by atoms with Crippen LogP contribution in [0.5, 0.6) is 5.75 Å². The first-order valence-corrected chi connectivity index (χ1v) is 6.63. The fraction of sp³-hybridized carbons (Fsp3) is 0.286. The van der Waals surface area contributed by atoms with Gasteiger partial charge in [0.2, 0.25) is 5.95 Å². The lowest BCUT2D eigenvalue weighted by Gasteiger charge is -2.11. The number of ether oxygens (including phenoxy) is 1. The van der Waals surface area contributed by atoms with E-state index >= 15 is 0 Å². The van der Waals surface area contributed by atoms with E-state index in [2.05, 4.69) is 15.3 Å². The molecule has 0 aliphatic rings. The Morgan fingerprint density at radius 3 is 2.63 bits per heavy atom. The highest BCUT2D eigenvalue weighted by Gasteiger charge is 2.05. The lowest BCUT2D eigenvalue weighted by Crippen LogP contribution is -1.99. The van der Waals surface area contributed by atoms with Crippen molar-refractivity contribution in [1.29, 1.82) is 0 Å². The third-order valence-electron chi connectivity index (χ3n) is 2.54. The lowest BCUT2D eigenvalue weighted by molar-refractivity contribution is 0.337. The summed E-state index contributed by atoms with van der Waals surface area (Å²) in [6, 6.07) is 5.77. The number of nitrogens with one attached hydrogen (secondary N) is 1. The molecule has 2 aromatic rings. The maximum absolute atomic E-state index is 5.92. The third kappa shape index (κ3) is 3.58. The van der Waals surface area contributed by atoms with Crippen LogP contribution < -0.4 is 10.1 Å². The number of aromatic nitrogens is 2. The summed E-state index contributed by atoms with van der Waals surface area (Å²) in [6.07, 6.45) is 3.54. The van der Waals surface area contributed by atoms with E-state index in [1.165, 1.54) is 0 Å². The van der Waals surface area contributed by atoms with E-state index in [0.29, 0.717) is 18.4 Å². The fourth-order valence-corrected chi connectivity index (χ4v) is 1.85. The molecule has 0 saturated heterocycles. The van der Waals surface area contributed by atoms with Crippen LogP contribution in [0, 0.1) is 6.92 Å². The van der Waals surface area contributed by atoms with Crippen molar-refractivity contribution in [1.82, 2.24) is 9.97 Å². The van der Waals surface area contributed by atoms with Crippen molar-refractivity contribution in [2.24, 2.45) is 0 Å². The van der Waals surface area contributed by atoms with Gasteiger partial charge in [0, 0.05) is 23.6 Å². The Balaban J connectivity index is 2.18. The zero-order valence-electron chi connectivity index (χ0n) is 11.0. The Kier molecular flexibility index (Phi) is 4.58. The summed E-state index contributed by atoms with van der Waals surface area (Å²) in [4.78, 5) is 8.40. The van der Waals surface area contributed by atoms with Crippen molar-refractivity contribution >= 4 is 23.2 Å². The van der Waals surface area contributed by atoms with E-state index in [1.807, 2.05) is 32.0 Å². The molecule has 0 saturated carbocycles. The normalized spacial score (nSPS) is 10.3. The minimum Gasteiger partial charge on any atom is -0.494 e. The highest BCUT2D eigenvalue weighted by molar-refractivity contribution is 6.17. The molecule has 0 bridgehead atoms. The van der Waals surface area contributed by atoms with Crippen LogP contribution in [-0.2, 0) is 5.88 Å². The molecule has 0 radical (unpaired) electrons. The highest BCUT2D eigenvalue weighted by atomic mass is 35.5. The maximum Gasteiger partial charge on any atom is 0.227 e. The Morgan fingerprint density at radius 2 is 2.00 bits per heavy atom. The summed E-state index contributed by atoms with van der Waals surface area (Å²) in [6.45, 7) is 4.52. The van der Waals surface area contributed by atoms with Gasteiger partial charge in [0.05, 0.1) is 12.5 Å². The van der Waals surface area contributed by atoms with Crippen LogP contribution in [0.1, 0.15) is 18.1 Å². The van der Waals surface area contributed by atoms with Gasteiger partial charge >= 0.3 is 0 Å². The van der Waals surface area contributed by atoms with Gasteiger partial charge in [-0.05, 0) is 37.6 Å². The fourth-order valence-electron chi connectivity index (χ4n) is 1.64. The van der Waals surface area contributed by atoms with Crippen molar-refractivity contribution in [3.8, 4) is 5.75 Å². The minimum absolute atomic E-state index is 0.402. The number of hydrogen-bond acceptors (Lipinski definition) is 4. The number of hydrogen-bond donors (Lipinski definition) is 1. The quantitative estimate of drug-likeness (QED) is 0.847. The summed E-state index contributed by atoms with van der Waals surface area (Å²) in [5.41, 5.74) is 2.86. The second kappa shape index (κ2) is 6.38. The van der Waals surface area contributed by atoms with Crippen LogP contribution >= 0.6 is 11.6 Å². The topological polar surface area (TPSA) is 47.0 Å². The molecule has 19 heavy (non-hydrogen) atoms. The summed E-state index contributed by atoms with van der Waals surface area (Å²) < 4.78 is 5.51. The van der Waals surface area contributed by atoms with Gasteiger partial charge in [-0.15, -0.1) is 11.6 Å². The maximum atomic E-state index is 5.92. The largest absolute Gasteiger partial charge is 0.494 e. The summed E-state index contributed by atoms with van der Waals surface area (Å²) in [5, 5.41) is 3.14. The number of rotatable bonds is 5. The molecule has 5 heteroatoms. The number of alkyl halides is 1. The van der Waals surface area contributed by atoms with E-state index in [1.54, 1.807) is 12.4 Å². The first-order valence-electron chi connectivity index (χ1n) is 6.10. The molecule has 0 aliphatic carbocycles. The van der Waals surface area contributed by atoms with Crippen LogP contribution in [0.25, 0.3) is 0 Å². The van der Waals surface area contributed by atoms with E-state index in [9.17, 15) is 0 Å². The number of nitrogens with zero attached hydrogens (tertiary/aromatic N) is 2. The molecule has 1 N–H and O–H groups in total. The molecule has 0 amide bonds. The Labute approximate surface area is 117 Å². The molecule has 1 aromatic heterocycles. The van der Waals surface area contributed by atoms with Crippen molar-refractivity contribution < 1.29 is 4.74 Å². The Hall–Kier alpha value is -1.81. The first-order chi connectivity index (χ1) is 9.22. The van der Waals surface area contributed by atoms with Gasteiger partial charge in [-0.1, -0.05) is 0 Å². The van der Waals surface area contributed by atoms with Gasteiger partial charge in [-0.3, -0.25) is 0 Å². The molecule has 1 heterocycles. The number of halogens is 1. The average molecular weight is 278 g/mol. The van der Waals surface area contributed by atoms with Crippen LogP contribution in [-0.4, -0.2) is 16.6 Å². The zero-order chi connectivity index (χ0) is 13.7. The predicted octanol–water partition coefficient (Wildman–Crippen LogP) is 3.67. The standard InChI is InChI=1S/C14H16ClN3O/c1-3-19-13-5-4-12(6-11(13)7-15)18-14-16-8-10(2)9-17-14/h4-6,8-9H,3,7H2,1-2H3,(H,16,17,18). The number of benzene rings is 1. The molecular weight excluding hydrogens is 262 g/mol. The van der Waals surface area contributed by atoms with Gasteiger partial charge in [0.15, 0.2) is 0 Å². The molecule has 0 atom stereocenters. The molecule has 0 unspecified atom stereocenters. The minimum atomic E-state index is 0.402. The van der Waals surface area contributed by atoms with E-state index < -0.39 is 0 Å². The molecular formula is C14H16ClN3O. The molecule has 2 rings (SSSR count). The lowest BCUT2D eigenvalue weighted by atomic mass is 10.2. The SMILES string of the molecule is CCOc1ccc(Nc2ncc(C)cn2)cc1CCl. The van der Waals surface area contributed by atoms with Gasteiger partial charge in [0.25, 0.3) is 0 Å². The third-order valence-corrected chi connectivity index (χ3v) is 2.83. The van der Waals surface area contributed by atoms with E-state index in [0.717, 1.165) is 22.6 Å². The van der Waals surface area contributed by atoms with E-state index in [4.69, 9.17) is 16.3 Å². The smallest absolute Gasteiger partial charge is 0.227 e. The molecule has 0 fully saturated rings. The Bertz CT molecular complexity index is 543. The van der Waals surface area contributed by atoms with Gasteiger partial charge < -0.3 is 10.1 Å². The van der Waals surface area contributed by atoms with Crippen LogP contribution in [0.2, 0.25) is 0 Å². The predicted molar refractivity (Wildman–Crippen MR) is 77.2 cm³/mol. The Morgan fingerprint density at radius 1 is 1.26 bits per heavy atom. The molecule has 0 aliphatic heterocycles. The van der Waals surface area contributed by atoms with Gasteiger partial charge in [-0.2, -0.15) is 0 Å². The molecule has 1 aromatic carbocycles. The monoisotopic (exact) mass is 277 g/mol. The number of aryl methyl sites for hydroxylation is 1. The van der Waals surface area contributed by atoms with Crippen molar-refractivity contribution in [3.63, 3.8) is 0 Å². The zero-order valence-corrected chi connectivity index (χ0v) is 11.7. The average Bonchev–Trinajstić information content (AvgIpc) is 2.43. The second-order valence-electron chi connectivity index (χ2n) is 4.10. The van der Waals surface area contributed by atoms with Crippen LogP contribution in [0.3, 0.4) is 0 Å². The molecule has 0 spiro atoms. The summed E-state index contributed by atoms with van der Waals surface area (Å²) >= 11 is 5.92. The first kappa shape index (κ1) is 13.6.